The average molecular weight is 453 g/mol. The summed E-state index contributed by atoms with van der Waals surface area (Å²) in [7, 11) is 0. The van der Waals surface area contributed by atoms with Crippen LogP contribution in [0.3, 0.4) is 0 Å². The van der Waals surface area contributed by atoms with Gasteiger partial charge < -0.3 is 5.32 Å². The Bertz CT molecular complexity index is 1510. The van der Waals surface area contributed by atoms with Crippen molar-refractivity contribution in [3.63, 3.8) is 0 Å². The van der Waals surface area contributed by atoms with Crippen LogP contribution in [0.2, 0.25) is 5.02 Å². The molecule has 0 aliphatic rings. The van der Waals surface area contributed by atoms with Crippen LogP contribution in [0, 0.1) is 13.8 Å². The molecule has 0 unspecified atom stereocenters. The summed E-state index contributed by atoms with van der Waals surface area (Å²) >= 11 is 6.24. The number of anilines is 1. The van der Waals surface area contributed by atoms with Gasteiger partial charge in [0, 0.05) is 16.3 Å². The predicted octanol–water partition coefficient (Wildman–Crippen LogP) is 6.61. The lowest BCUT2D eigenvalue weighted by Crippen LogP contribution is -2.14. The summed E-state index contributed by atoms with van der Waals surface area (Å²) in [6.45, 7) is 4.07. The molecule has 0 radical (unpaired) electrons. The molecule has 1 N–H and O–H groups in total. The normalized spacial score (nSPS) is 11.0. The molecule has 1 amide bonds. The number of nitrogens with one attached hydrogen (secondary N) is 1. The molecule has 4 aromatic carbocycles. The van der Waals surface area contributed by atoms with Gasteiger partial charge in [-0.3, -0.25) is 4.79 Å². The highest BCUT2D eigenvalue weighted by molar-refractivity contribution is 6.30. The molecule has 0 saturated heterocycles. The molecule has 33 heavy (non-hydrogen) atoms. The molecule has 1 heterocycles. The molecule has 0 fully saturated rings. The van der Waals surface area contributed by atoms with Gasteiger partial charge in [-0.25, -0.2) is 9.67 Å². The third kappa shape index (κ3) is 4.11. The fraction of sp³-hybridized carbons (Fsp3) is 0.0741. The summed E-state index contributed by atoms with van der Waals surface area (Å²) in [4.78, 5) is 17.7. The fourth-order valence-electron chi connectivity index (χ4n) is 3.81. The maximum atomic E-state index is 13.1. The molecular formula is C27H21ClN4O. The quantitative estimate of drug-likeness (QED) is 0.333. The van der Waals surface area contributed by atoms with Gasteiger partial charge in [0.05, 0.1) is 5.69 Å². The number of carbonyl (C=O) groups excluding carboxylic acids is 1. The van der Waals surface area contributed by atoms with E-state index in [1.807, 2.05) is 92.7 Å². The van der Waals surface area contributed by atoms with Crippen LogP contribution < -0.4 is 5.32 Å². The van der Waals surface area contributed by atoms with E-state index in [0.29, 0.717) is 16.5 Å². The van der Waals surface area contributed by atoms with Crippen molar-refractivity contribution in [3.05, 3.63) is 107 Å². The molecule has 0 atom stereocenters. The Labute approximate surface area is 196 Å². The SMILES string of the molecule is Cc1cccc(-n2nc(C(=O)Nc3ccc4ccccc4c3)nc2-c2cccc(Cl)c2)c1C. The highest BCUT2D eigenvalue weighted by atomic mass is 35.5. The summed E-state index contributed by atoms with van der Waals surface area (Å²) in [5.41, 5.74) is 4.52. The molecule has 0 aliphatic heterocycles. The number of halogens is 1. The van der Waals surface area contributed by atoms with Crippen LogP contribution in [0.5, 0.6) is 0 Å². The minimum absolute atomic E-state index is 0.0824. The van der Waals surface area contributed by atoms with Crippen LogP contribution in [0.4, 0.5) is 5.69 Å². The summed E-state index contributed by atoms with van der Waals surface area (Å²) in [5, 5.41) is 10.3. The van der Waals surface area contributed by atoms with Crippen molar-refractivity contribution in [2.45, 2.75) is 13.8 Å². The first-order valence-electron chi connectivity index (χ1n) is 10.6. The van der Waals surface area contributed by atoms with Gasteiger partial charge in [0.25, 0.3) is 5.91 Å². The van der Waals surface area contributed by atoms with Gasteiger partial charge in [-0.2, -0.15) is 0 Å². The lowest BCUT2D eigenvalue weighted by atomic mass is 10.1. The summed E-state index contributed by atoms with van der Waals surface area (Å²) in [6.07, 6.45) is 0. The topological polar surface area (TPSA) is 59.8 Å². The molecule has 0 spiro atoms. The highest BCUT2D eigenvalue weighted by Gasteiger charge is 2.20. The number of rotatable bonds is 4. The number of amides is 1. The van der Waals surface area contributed by atoms with Gasteiger partial charge in [-0.05, 0) is 66.1 Å². The lowest BCUT2D eigenvalue weighted by Gasteiger charge is -2.11. The number of aromatic nitrogens is 3. The Morgan fingerprint density at radius 1 is 0.879 bits per heavy atom. The minimum Gasteiger partial charge on any atom is -0.319 e. The molecule has 0 aliphatic carbocycles. The van der Waals surface area contributed by atoms with Crippen molar-refractivity contribution in [3.8, 4) is 17.1 Å². The number of hydrogen-bond acceptors (Lipinski definition) is 3. The van der Waals surface area contributed by atoms with E-state index in [2.05, 4.69) is 15.4 Å². The van der Waals surface area contributed by atoms with Crippen molar-refractivity contribution < 1.29 is 4.79 Å². The minimum atomic E-state index is -0.377. The fourth-order valence-corrected chi connectivity index (χ4v) is 4.00. The van der Waals surface area contributed by atoms with Crippen molar-refractivity contribution in [2.75, 3.05) is 5.32 Å². The van der Waals surface area contributed by atoms with Gasteiger partial charge in [-0.1, -0.05) is 66.2 Å². The Kier molecular flexibility index (Phi) is 5.40. The van der Waals surface area contributed by atoms with E-state index in [9.17, 15) is 4.79 Å². The van der Waals surface area contributed by atoms with E-state index >= 15 is 0 Å². The Hall–Kier alpha value is -3.96. The molecule has 5 rings (SSSR count). The third-order valence-electron chi connectivity index (χ3n) is 5.70. The molecule has 0 bridgehead atoms. The van der Waals surface area contributed by atoms with Crippen LogP contribution in [0.15, 0.2) is 84.9 Å². The van der Waals surface area contributed by atoms with E-state index in [0.717, 1.165) is 33.2 Å². The van der Waals surface area contributed by atoms with Gasteiger partial charge >= 0.3 is 0 Å². The first-order chi connectivity index (χ1) is 16.0. The van der Waals surface area contributed by atoms with Gasteiger partial charge in [0.1, 0.15) is 0 Å². The standard InChI is InChI=1S/C27H21ClN4O/c1-17-7-5-12-24(18(17)2)32-26(21-10-6-11-22(28)15-21)30-25(31-32)27(33)29-23-14-13-19-8-3-4-9-20(19)16-23/h3-16H,1-2H3,(H,29,33). The molecule has 162 valence electrons. The zero-order chi connectivity index (χ0) is 22.9. The number of benzene rings is 4. The third-order valence-corrected chi connectivity index (χ3v) is 5.94. The van der Waals surface area contributed by atoms with Crippen LogP contribution in [0.1, 0.15) is 21.7 Å². The Morgan fingerprint density at radius 3 is 2.48 bits per heavy atom. The summed E-state index contributed by atoms with van der Waals surface area (Å²) in [6, 6.07) is 27.2. The van der Waals surface area contributed by atoms with Crippen molar-refractivity contribution in [1.29, 1.82) is 0 Å². The van der Waals surface area contributed by atoms with Crippen molar-refractivity contribution >= 4 is 34.0 Å². The molecule has 5 aromatic rings. The second kappa shape index (κ2) is 8.52. The molecule has 5 nitrogen and oxygen atoms in total. The number of carbonyl (C=O) groups is 1. The predicted molar refractivity (Wildman–Crippen MR) is 133 cm³/mol. The molecule has 6 heteroatoms. The maximum Gasteiger partial charge on any atom is 0.295 e. The maximum absolute atomic E-state index is 13.1. The zero-order valence-corrected chi connectivity index (χ0v) is 19.0. The first-order valence-corrected chi connectivity index (χ1v) is 11.0. The first kappa shape index (κ1) is 20.9. The average Bonchev–Trinajstić information content (AvgIpc) is 3.26. The summed E-state index contributed by atoms with van der Waals surface area (Å²) in [5.74, 6) is 0.256. The molecule has 1 aromatic heterocycles. The van der Waals surface area contributed by atoms with Crippen LogP contribution in [0.25, 0.3) is 27.8 Å². The number of nitrogens with zero attached hydrogens (tertiary/aromatic N) is 3. The van der Waals surface area contributed by atoms with Crippen LogP contribution in [-0.2, 0) is 0 Å². The second-order valence-electron chi connectivity index (χ2n) is 7.92. The lowest BCUT2D eigenvalue weighted by molar-refractivity contribution is 0.101. The van der Waals surface area contributed by atoms with Crippen molar-refractivity contribution in [1.82, 2.24) is 14.8 Å². The molecular weight excluding hydrogens is 432 g/mol. The van der Waals surface area contributed by atoms with E-state index in [-0.39, 0.29) is 11.7 Å². The van der Waals surface area contributed by atoms with Gasteiger partial charge in [-0.15, -0.1) is 5.10 Å². The van der Waals surface area contributed by atoms with E-state index in [4.69, 9.17) is 11.6 Å². The Morgan fingerprint density at radius 2 is 1.67 bits per heavy atom. The smallest absolute Gasteiger partial charge is 0.295 e. The van der Waals surface area contributed by atoms with Crippen LogP contribution in [-0.4, -0.2) is 20.7 Å². The number of hydrogen-bond donors (Lipinski definition) is 1. The monoisotopic (exact) mass is 452 g/mol. The Balaban J connectivity index is 1.57. The number of aryl methyl sites for hydroxylation is 1. The molecule has 0 saturated carbocycles. The van der Waals surface area contributed by atoms with Crippen molar-refractivity contribution in [2.24, 2.45) is 0 Å². The van der Waals surface area contributed by atoms with E-state index in [1.54, 1.807) is 10.7 Å². The highest BCUT2D eigenvalue weighted by Crippen LogP contribution is 2.27. The van der Waals surface area contributed by atoms with Gasteiger partial charge in [0.15, 0.2) is 5.82 Å². The van der Waals surface area contributed by atoms with Crippen LogP contribution >= 0.6 is 11.6 Å². The zero-order valence-electron chi connectivity index (χ0n) is 18.2. The summed E-state index contributed by atoms with van der Waals surface area (Å²) < 4.78 is 1.71. The van der Waals surface area contributed by atoms with E-state index < -0.39 is 0 Å². The second-order valence-corrected chi connectivity index (χ2v) is 8.35. The van der Waals surface area contributed by atoms with E-state index in [1.165, 1.54) is 0 Å². The van der Waals surface area contributed by atoms with Gasteiger partial charge in [0.2, 0.25) is 5.82 Å². The largest absolute Gasteiger partial charge is 0.319 e. The number of fused-ring (bicyclic) bond motifs is 1.